The summed E-state index contributed by atoms with van der Waals surface area (Å²) in [5, 5.41) is 0. The summed E-state index contributed by atoms with van der Waals surface area (Å²) in [5.74, 6) is 0.410. The molecule has 1 unspecified atom stereocenters. The van der Waals surface area contributed by atoms with Crippen LogP contribution in [0.4, 0.5) is 11.4 Å². The molecular weight excluding hydrogens is 262 g/mol. The smallest absolute Gasteiger partial charge is 0.301 e. The van der Waals surface area contributed by atoms with Gasteiger partial charge in [-0.25, -0.2) is 0 Å². The van der Waals surface area contributed by atoms with E-state index < -0.39 is 10.2 Å². The minimum absolute atomic E-state index is 0.410. The first kappa shape index (κ1) is 14.1. The van der Waals surface area contributed by atoms with Crippen molar-refractivity contribution in [3.05, 3.63) is 23.8 Å². The fourth-order valence-corrected chi connectivity index (χ4v) is 3.76. The van der Waals surface area contributed by atoms with Gasteiger partial charge in [0.1, 0.15) is 0 Å². The van der Waals surface area contributed by atoms with Crippen LogP contribution in [0.25, 0.3) is 0 Å². The van der Waals surface area contributed by atoms with Gasteiger partial charge < -0.3 is 5.73 Å². The van der Waals surface area contributed by atoms with Gasteiger partial charge >= 0.3 is 10.2 Å². The Bertz CT molecular complexity index is 557. The van der Waals surface area contributed by atoms with Gasteiger partial charge in [-0.05, 0) is 43.4 Å². The summed E-state index contributed by atoms with van der Waals surface area (Å²) in [6.07, 6.45) is 2.00. The van der Waals surface area contributed by atoms with Crippen LogP contribution in [-0.2, 0) is 10.2 Å². The quantitative estimate of drug-likeness (QED) is 0.833. The molecule has 0 amide bonds. The molecule has 0 bridgehead atoms. The maximum absolute atomic E-state index is 12.3. The van der Waals surface area contributed by atoms with Crippen molar-refractivity contribution >= 4 is 21.6 Å². The number of nitrogens with two attached hydrogens (primary N) is 1. The van der Waals surface area contributed by atoms with Crippen LogP contribution in [0.5, 0.6) is 0 Å². The van der Waals surface area contributed by atoms with E-state index in [0.29, 0.717) is 30.4 Å². The maximum atomic E-state index is 12.3. The molecule has 0 spiro atoms. The number of nitrogen functional groups attached to an aromatic ring is 1. The first-order valence-corrected chi connectivity index (χ1v) is 7.96. The highest BCUT2D eigenvalue weighted by Crippen LogP contribution is 2.23. The third-order valence-electron chi connectivity index (χ3n) is 3.46. The fraction of sp³-hybridized carbons (Fsp3) is 0.538. The van der Waals surface area contributed by atoms with Crippen molar-refractivity contribution in [3.63, 3.8) is 0 Å². The Morgan fingerprint density at radius 2 is 2.16 bits per heavy atom. The van der Waals surface area contributed by atoms with Crippen LogP contribution in [0.2, 0.25) is 0 Å². The van der Waals surface area contributed by atoms with Crippen LogP contribution in [0.15, 0.2) is 18.2 Å². The van der Waals surface area contributed by atoms with E-state index in [2.05, 4.69) is 11.6 Å². The number of nitrogens with one attached hydrogen (secondary N) is 1. The summed E-state index contributed by atoms with van der Waals surface area (Å²) in [4.78, 5) is 0. The molecule has 1 fully saturated rings. The highest BCUT2D eigenvalue weighted by Gasteiger charge is 2.27. The summed E-state index contributed by atoms with van der Waals surface area (Å²) >= 11 is 0. The summed E-state index contributed by atoms with van der Waals surface area (Å²) in [7, 11) is -3.48. The zero-order chi connectivity index (χ0) is 14.0. The molecule has 1 atom stereocenters. The molecule has 1 aromatic carbocycles. The molecular formula is C13H21N3O2S. The van der Waals surface area contributed by atoms with E-state index >= 15 is 0 Å². The van der Waals surface area contributed by atoms with Gasteiger partial charge in [0.15, 0.2) is 0 Å². The molecule has 0 saturated carbocycles. The standard InChI is InChI=1S/C13H21N3O2S/c1-10-4-3-7-16(9-10)19(17,18)15-13-8-12(14)6-5-11(13)2/h5-6,8,10,15H,3-4,7,9,14H2,1-2H3. The number of hydrogen-bond donors (Lipinski definition) is 2. The van der Waals surface area contributed by atoms with Gasteiger partial charge in [-0.15, -0.1) is 0 Å². The molecule has 19 heavy (non-hydrogen) atoms. The Morgan fingerprint density at radius 3 is 2.84 bits per heavy atom. The number of anilines is 2. The van der Waals surface area contributed by atoms with Crippen LogP contribution in [0, 0.1) is 12.8 Å². The number of rotatable bonds is 3. The minimum atomic E-state index is -3.48. The molecule has 1 aromatic rings. The lowest BCUT2D eigenvalue weighted by atomic mass is 10.0. The number of hydrogen-bond acceptors (Lipinski definition) is 3. The monoisotopic (exact) mass is 283 g/mol. The Balaban J connectivity index is 2.18. The van der Waals surface area contributed by atoms with Gasteiger partial charge in [0.25, 0.3) is 0 Å². The largest absolute Gasteiger partial charge is 0.399 e. The molecule has 6 heteroatoms. The molecule has 0 aliphatic carbocycles. The van der Waals surface area contributed by atoms with Crippen molar-refractivity contribution < 1.29 is 8.42 Å². The number of aryl methyl sites for hydroxylation is 1. The Kier molecular flexibility index (Phi) is 4.01. The van der Waals surface area contributed by atoms with Crippen LogP contribution >= 0.6 is 0 Å². The van der Waals surface area contributed by atoms with Crippen molar-refractivity contribution in [2.75, 3.05) is 23.5 Å². The average Bonchev–Trinajstić information content (AvgIpc) is 2.33. The van der Waals surface area contributed by atoms with Crippen molar-refractivity contribution in [3.8, 4) is 0 Å². The zero-order valence-corrected chi connectivity index (χ0v) is 12.2. The topological polar surface area (TPSA) is 75.4 Å². The van der Waals surface area contributed by atoms with Gasteiger partial charge in [0, 0.05) is 18.8 Å². The number of piperidine rings is 1. The second-order valence-electron chi connectivity index (χ2n) is 5.29. The Labute approximate surface area is 115 Å². The van der Waals surface area contributed by atoms with Gasteiger partial charge in [0.2, 0.25) is 0 Å². The van der Waals surface area contributed by atoms with Gasteiger partial charge in [-0.2, -0.15) is 12.7 Å². The number of nitrogens with zero attached hydrogens (tertiary/aromatic N) is 1. The van der Waals surface area contributed by atoms with E-state index in [9.17, 15) is 8.42 Å². The van der Waals surface area contributed by atoms with Crippen molar-refractivity contribution in [1.29, 1.82) is 0 Å². The average molecular weight is 283 g/mol. The van der Waals surface area contributed by atoms with E-state index in [1.807, 2.05) is 13.0 Å². The third-order valence-corrected chi connectivity index (χ3v) is 4.95. The lowest BCUT2D eigenvalue weighted by Crippen LogP contribution is -2.42. The predicted octanol–water partition coefficient (Wildman–Crippen LogP) is 1.97. The maximum Gasteiger partial charge on any atom is 0.301 e. The van der Waals surface area contributed by atoms with Gasteiger partial charge in [-0.3, -0.25) is 4.72 Å². The molecule has 1 aliphatic heterocycles. The summed E-state index contributed by atoms with van der Waals surface area (Å²) in [6, 6.07) is 5.22. The molecule has 1 aliphatic rings. The Morgan fingerprint density at radius 1 is 1.42 bits per heavy atom. The molecule has 1 heterocycles. The molecule has 2 rings (SSSR count). The number of benzene rings is 1. The lowest BCUT2D eigenvalue weighted by molar-refractivity contribution is 0.282. The second-order valence-corrected chi connectivity index (χ2v) is 6.96. The summed E-state index contributed by atoms with van der Waals surface area (Å²) in [6.45, 7) is 5.10. The van der Waals surface area contributed by atoms with E-state index in [-0.39, 0.29) is 0 Å². The van der Waals surface area contributed by atoms with Crippen LogP contribution in [-0.4, -0.2) is 25.8 Å². The van der Waals surface area contributed by atoms with E-state index in [1.54, 1.807) is 12.1 Å². The Hall–Kier alpha value is -1.27. The molecule has 106 valence electrons. The molecule has 1 saturated heterocycles. The van der Waals surface area contributed by atoms with Crippen molar-refractivity contribution in [2.45, 2.75) is 26.7 Å². The van der Waals surface area contributed by atoms with Gasteiger partial charge in [0.05, 0.1) is 5.69 Å². The highest BCUT2D eigenvalue weighted by molar-refractivity contribution is 7.90. The van der Waals surface area contributed by atoms with Crippen molar-refractivity contribution in [2.24, 2.45) is 5.92 Å². The third kappa shape index (κ3) is 3.39. The zero-order valence-electron chi connectivity index (χ0n) is 11.4. The highest BCUT2D eigenvalue weighted by atomic mass is 32.2. The molecule has 0 aromatic heterocycles. The van der Waals surface area contributed by atoms with Crippen LogP contribution < -0.4 is 10.5 Å². The SMILES string of the molecule is Cc1ccc(N)cc1NS(=O)(=O)N1CCCC(C)C1. The first-order valence-electron chi connectivity index (χ1n) is 6.52. The summed E-state index contributed by atoms with van der Waals surface area (Å²) < 4.78 is 28.8. The normalized spacial score (nSPS) is 21.3. The predicted molar refractivity (Wildman–Crippen MR) is 78.1 cm³/mol. The second kappa shape index (κ2) is 5.38. The van der Waals surface area contributed by atoms with Gasteiger partial charge in [-0.1, -0.05) is 13.0 Å². The molecule has 0 radical (unpaired) electrons. The van der Waals surface area contributed by atoms with E-state index in [0.717, 1.165) is 18.4 Å². The van der Waals surface area contributed by atoms with Crippen LogP contribution in [0.1, 0.15) is 25.3 Å². The summed E-state index contributed by atoms with van der Waals surface area (Å²) in [5.41, 5.74) is 7.67. The first-order chi connectivity index (χ1) is 8.88. The molecule has 5 nitrogen and oxygen atoms in total. The van der Waals surface area contributed by atoms with Crippen LogP contribution in [0.3, 0.4) is 0 Å². The van der Waals surface area contributed by atoms with E-state index in [1.165, 1.54) is 4.31 Å². The molecule has 3 N–H and O–H groups in total. The minimum Gasteiger partial charge on any atom is -0.399 e. The van der Waals surface area contributed by atoms with E-state index in [4.69, 9.17) is 5.73 Å². The van der Waals surface area contributed by atoms with Crippen molar-refractivity contribution in [1.82, 2.24) is 4.31 Å². The fourth-order valence-electron chi connectivity index (χ4n) is 2.32. The lowest BCUT2D eigenvalue weighted by Gasteiger charge is -2.30.